The van der Waals surface area contributed by atoms with E-state index in [1.165, 1.54) is 41.4 Å². The van der Waals surface area contributed by atoms with Gasteiger partial charge in [0, 0.05) is 6.07 Å². The Kier molecular flexibility index (Phi) is 7.99. The number of hydrogen-bond acceptors (Lipinski definition) is 8. The number of methoxy groups -OCH3 is 4. The molecular formula is C20H22ClN3O6. The number of rotatable bonds is 9. The van der Waals surface area contributed by atoms with E-state index in [9.17, 15) is 9.59 Å². The lowest BCUT2D eigenvalue weighted by Crippen LogP contribution is -2.32. The Morgan fingerprint density at radius 3 is 2.23 bits per heavy atom. The van der Waals surface area contributed by atoms with E-state index in [1.807, 2.05) is 0 Å². The molecule has 1 amide bonds. The van der Waals surface area contributed by atoms with Crippen LogP contribution in [0, 0.1) is 0 Å². The van der Waals surface area contributed by atoms with Gasteiger partial charge in [-0.3, -0.25) is 9.59 Å². The van der Waals surface area contributed by atoms with Crippen LogP contribution in [0.5, 0.6) is 23.0 Å². The van der Waals surface area contributed by atoms with E-state index in [0.29, 0.717) is 22.9 Å². The number of Topliss-reactive ketones (excluding diaryl/α,β-unsaturated/α-hetero) is 1. The fourth-order valence-electron chi connectivity index (χ4n) is 2.52. The summed E-state index contributed by atoms with van der Waals surface area (Å²) in [4.78, 5) is 24.8. The highest BCUT2D eigenvalue weighted by Gasteiger charge is 2.26. The summed E-state index contributed by atoms with van der Waals surface area (Å²) < 4.78 is 20.9. The zero-order valence-electron chi connectivity index (χ0n) is 17.2. The maximum atomic E-state index is 12.8. The van der Waals surface area contributed by atoms with E-state index >= 15 is 0 Å². The van der Waals surface area contributed by atoms with Gasteiger partial charge in [-0.1, -0.05) is 11.6 Å². The second-order valence-electron chi connectivity index (χ2n) is 5.91. The predicted molar refractivity (Wildman–Crippen MR) is 112 cm³/mol. The number of carbonyl (C=O) groups is 2. The second-order valence-corrected chi connectivity index (χ2v) is 6.32. The molecule has 1 unspecified atom stereocenters. The molecule has 2 aromatic carbocycles. The van der Waals surface area contributed by atoms with Crippen molar-refractivity contribution < 1.29 is 28.5 Å². The van der Waals surface area contributed by atoms with Crippen molar-refractivity contribution in [3.63, 3.8) is 0 Å². The van der Waals surface area contributed by atoms with Gasteiger partial charge in [0.25, 0.3) is 5.91 Å². The van der Waals surface area contributed by atoms with Crippen LogP contribution in [0.15, 0.2) is 40.6 Å². The van der Waals surface area contributed by atoms with Crippen molar-refractivity contribution in [2.45, 2.75) is 13.0 Å². The second kappa shape index (κ2) is 10.4. The van der Waals surface area contributed by atoms with E-state index in [4.69, 9.17) is 30.5 Å². The molecular weight excluding hydrogens is 414 g/mol. The van der Waals surface area contributed by atoms with Gasteiger partial charge in [0.15, 0.2) is 17.3 Å². The number of carbonyl (C=O) groups excluding carboxylic acids is 2. The molecule has 0 spiro atoms. The van der Waals surface area contributed by atoms with Crippen LogP contribution in [0.4, 0.5) is 11.4 Å². The molecule has 2 rings (SSSR count). The molecule has 1 atom stereocenters. The molecule has 0 aliphatic rings. The van der Waals surface area contributed by atoms with Gasteiger partial charge in [-0.15, -0.1) is 0 Å². The third-order valence-electron chi connectivity index (χ3n) is 4.04. The van der Waals surface area contributed by atoms with Crippen LogP contribution in [0.3, 0.4) is 0 Å². The average Bonchev–Trinajstić information content (AvgIpc) is 2.74. The number of nitrogens with one attached hydrogen (secondary N) is 1. The van der Waals surface area contributed by atoms with E-state index in [1.54, 1.807) is 24.3 Å². The number of nitrogens with zero attached hydrogens (tertiary/aromatic N) is 2. The van der Waals surface area contributed by atoms with Crippen LogP contribution in [0.25, 0.3) is 0 Å². The SMILES string of the molecule is COc1ccc(N=NC(C(C)=O)C(=O)Nc2c(Cl)ccc(OC)c2OC)c(OC)c1. The Hall–Kier alpha value is -3.33. The van der Waals surface area contributed by atoms with Crippen LogP contribution in [-0.4, -0.2) is 46.2 Å². The van der Waals surface area contributed by atoms with E-state index < -0.39 is 17.7 Å². The van der Waals surface area contributed by atoms with Crippen molar-refractivity contribution in [1.29, 1.82) is 0 Å². The summed E-state index contributed by atoms with van der Waals surface area (Å²) in [5.74, 6) is 0.272. The minimum atomic E-state index is -1.41. The van der Waals surface area contributed by atoms with E-state index in [2.05, 4.69) is 15.5 Å². The van der Waals surface area contributed by atoms with Crippen molar-refractivity contribution in [3.05, 3.63) is 35.4 Å². The van der Waals surface area contributed by atoms with Crippen molar-refractivity contribution in [2.75, 3.05) is 33.8 Å². The van der Waals surface area contributed by atoms with Gasteiger partial charge < -0.3 is 24.3 Å². The highest BCUT2D eigenvalue weighted by molar-refractivity contribution is 6.34. The number of azo groups is 1. The van der Waals surface area contributed by atoms with Crippen LogP contribution in [0.1, 0.15) is 6.92 Å². The molecule has 10 heteroatoms. The minimum absolute atomic E-state index is 0.159. The zero-order chi connectivity index (χ0) is 22.3. The molecule has 0 saturated heterocycles. The number of benzene rings is 2. The molecule has 2 aromatic rings. The summed E-state index contributed by atoms with van der Waals surface area (Å²) in [6.45, 7) is 1.24. The molecule has 0 saturated carbocycles. The molecule has 0 aliphatic carbocycles. The molecule has 0 radical (unpaired) electrons. The molecule has 0 fully saturated rings. The monoisotopic (exact) mass is 435 g/mol. The summed E-state index contributed by atoms with van der Waals surface area (Å²) in [7, 11) is 5.83. The van der Waals surface area contributed by atoms with Crippen LogP contribution in [0.2, 0.25) is 5.02 Å². The van der Waals surface area contributed by atoms with Gasteiger partial charge in [0.1, 0.15) is 22.9 Å². The van der Waals surface area contributed by atoms with Gasteiger partial charge >= 0.3 is 0 Å². The third-order valence-corrected chi connectivity index (χ3v) is 4.36. The first kappa shape index (κ1) is 23.0. The Morgan fingerprint density at radius 1 is 0.967 bits per heavy atom. The van der Waals surface area contributed by atoms with Crippen LogP contribution in [-0.2, 0) is 9.59 Å². The normalized spacial score (nSPS) is 11.7. The number of ether oxygens (including phenoxy) is 4. The molecule has 0 aliphatic heterocycles. The van der Waals surface area contributed by atoms with Crippen molar-refractivity contribution in [3.8, 4) is 23.0 Å². The molecule has 30 heavy (non-hydrogen) atoms. The lowest BCUT2D eigenvalue weighted by molar-refractivity contribution is -0.126. The first-order valence-corrected chi connectivity index (χ1v) is 9.08. The minimum Gasteiger partial charge on any atom is -0.497 e. The fraction of sp³-hybridized carbons (Fsp3) is 0.300. The lowest BCUT2D eigenvalue weighted by atomic mass is 10.2. The molecule has 0 aromatic heterocycles. The largest absolute Gasteiger partial charge is 0.497 e. The zero-order valence-corrected chi connectivity index (χ0v) is 17.9. The summed E-state index contributed by atoms with van der Waals surface area (Å²) in [6, 6.07) is 6.57. The van der Waals surface area contributed by atoms with Gasteiger partial charge in [-0.25, -0.2) is 0 Å². The number of anilines is 1. The van der Waals surface area contributed by atoms with Gasteiger partial charge in [-0.05, 0) is 31.2 Å². The number of ketones is 1. The highest BCUT2D eigenvalue weighted by Crippen LogP contribution is 2.40. The number of halogens is 1. The summed E-state index contributed by atoms with van der Waals surface area (Å²) in [5.41, 5.74) is 0.487. The summed E-state index contributed by atoms with van der Waals surface area (Å²) >= 11 is 6.19. The summed E-state index contributed by atoms with van der Waals surface area (Å²) in [5, 5.41) is 10.7. The molecule has 0 heterocycles. The fourth-order valence-corrected chi connectivity index (χ4v) is 2.71. The molecule has 9 nitrogen and oxygen atoms in total. The number of amides is 1. The molecule has 1 N–H and O–H groups in total. The molecule has 0 bridgehead atoms. The standard InChI is InChI=1S/C20H22ClN3O6/c1-11(25)17(24-23-14-8-6-12(27-2)10-16(14)29-4)20(26)22-18-13(21)7-9-15(28-3)19(18)30-5/h6-10,17H,1-5H3,(H,22,26). The Balaban J connectivity index is 2.33. The van der Waals surface area contributed by atoms with E-state index in [-0.39, 0.29) is 16.5 Å². The Bertz CT molecular complexity index is 964. The van der Waals surface area contributed by atoms with Gasteiger partial charge in [-0.2, -0.15) is 10.2 Å². The first-order valence-electron chi connectivity index (χ1n) is 8.70. The van der Waals surface area contributed by atoms with E-state index in [0.717, 1.165) is 0 Å². The van der Waals surface area contributed by atoms with Gasteiger partial charge in [0.2, 0.25) is 6.04 Å². The highest BCUT2D eigenvalue weighted by atomic mass is 35.5. The van der Waals surface area contributed by atoms with Crippen LogP contribution >= 0.6 is 11.6 Å². The van der Waals surface area contributed by atoms with Gasteiger partial charge in [0.05, 0.1) is 33.5 Å². The molecule has 160 valence electrons. The first-order chi connectivity index (χ1) is 14.4. The van der Waals surface area contributed by atoms with Crippen molar-refractivity contribution in [1.82, 2.24) is 0 Å². The van der Waals surface area contributed by atoms with Crippen molar-refractivity contribution >= 4 is 34.7 Å². The maximum Gasteiger partial charge on any atom is 0.258 e. The number of hydrogen-bond donors (Lipinski definition) is 1. The quantitative estimate of drug-likeness (QED) is 0.470. The average molecular weight is 436 g/mol. The predicted octanol–water partition coefficient (Wildman–Crippen LogP) is 4.05. The van der Waals surface area contributed by atoms with Crippen molar-refractivity contribution in [2.24, 2.45) is 10.2 Å². The Morgan fingerprint density at radius 2 is 1.67 bits per heavy atom. The Labute approximate surface area is 178 Å². The van der Waals surface area contributed by atoms with Crippen LogP contribution < -0.4 is 24.3 Å². The maximum absolute atomic E-state index is 12.8. The lowest BCUT2D eigenvalue weighted by Gasteiger charge is -2.16. The summed E-state index contributed by atoms with van der Waals surface area (Å²) in [6.07, 6.45) is 0. The third kappa shape index (κ3) is 5.18. The topological polar surface area (TPSA) is 108 Å². The smallest absolute Gasteiger partial charge is 0.258 e.